The molecule has 0 aliphatic rings. The number of fused-ring (bicyclic) bond motifs is 1. The van der Waals surface area contributed by atoms with Gasteiger partial charge in [-0.15, -0.1) is 0 Å². The van der Waals surface area contributed by atoms with E-state index in [0.717, 1.165) is 6.07 Å². The summed E-state index contributed by atoms with van der Waals surface area (Å²) < 4.78 is 13.5. The molecule has 0 aliphatic heterocycles. The van der Waals surface area contributed by atoms with Crippen LogP contribution in [0, 0.1) is 5.82 Å². The molecule has 4 nitrogen and oxygen atoms in total. The van der Waals surface area contributed by atoms with Crippen LogP contribution in [0.2, 0.25) is 5.02 Å². The summed E-state index contributed by atoms with van der Waals surface area (Å²) in [5, 5.41) is 17.9. The van der Waals surface area contributed by atoms with Gasteiger partial charge in [0.15, 0.2) is 0 Å². The van der Waals surface area contributed by atoms with Crippen LogP contribution in [0.5, 0.6) is 0 Å². The molecule has 82 valence electrons. The first-order chi connectivity index (χ1) is 7.50. The third kappa shape index (κ3) is 1.71. The van der Waals surface area contributed by atoms with Gasteiger partial charge in [0.2, 0.25) is 0 Å². The molecule has 3 N–H and O–H groups in total. The van der Waals surface area contributed by atoms with Gasteiger partial charge in [-0.25, -0.2) is 4.39 Å². The van der Waals surface area contributed by atoms with Crippen molar-refractivity contribution in [3.05, 3.63) is 39.5 Å². The van der Waals surface area contributed by atoms with Crippen LogP contribution in [0.15, 0.2) is 23.1 Å². The number of hydrogen-bond donors (Lipinski definition) is 3. The van der Waals surface area contributed by atoms with E-state index >= 15 is 0 Å². The highest BCUT2D eigenvalue weighted by atomic mass is 35.5. The fourth-order valence-corrected chi connectivity index (χ4v) is 1.68. The van der Waals surface area contributed by atoms with Crippen molar-refractivity contribution in [3.63, 3.8) is 0 Å². The number of benzene rings is 1. The lowest BCUT2D eigenvalue weighted by atomic mass is 9.79. The number of H-pyrrole nitrogens is 1. The van der Waals surface area contributed by atoms with Gasteiger partial charge < -0.3 is 15.0 Å². The van der Waals surface area contributed by atoms with Crippen molar-refractivity contribution < 1.29 is 14.4 Å². The summed E-state index contributed by atoms with van der Waals surface area (Å²) in [7, 11) is -1.81. The molecule has 2 aromatic rings. The first-order valence-electron chi connectivity index (χ1n) is 4.37. The second-order valence-corrected chi connectivity index (χ2v) is 3.67. The van der Waals surface area contributed by atoms with Crippen LogP contribution in [-0.2, 0) is 0 Å². The Bertz CT molecular complexity index is 613. The number of rotatable bonds is 1. The summed E-state index contributed by atoms with van der Waals surface area (Å²) in [6.07, 6.45) is 1.22. The molecule has 0 atom stereocenters. The van der Waals surface area contributed by atoms with E-state index in [4.69, 9.17) is 21.6 Å². The van der Waals surface area contributed by atoms with Crippen LogP contribution in [0.4, 0.5) is 4.39 Å². The third-order valence-corrected chi connectivity index (χ3v) is 2.54. The molecule has 0 unspecified atom stereocenters. The van der Waals surface area contributed by atoms with E-state index in [9.17, 15) is 9.18 Å². The molecule has 0 radical (unpaired) electrons. The van der Waals surface area contributed by atoms with Gasteiger partial charge in [-0.05, 0) is 11.5 Å². The lowest BCUT2D eigenvalue weighted by Crippen LogP contribution is -2.30. The zero-order valence-electron chi connectivity index (χ0n) is 7.87. The van der Waals surface area contributed by atoms with Gasteiger partial charge in [0.25, 0.3) is 5.56 Å². The number of halogens is 2. The molecule has 1 heterocycles. The smallest absolute Gasteiger partial charge is 0.423 e. The average molecular weight is 241 g/mol. The van der Waals surface area contributed by atoms with Crippen molar-refractivity contribution in [2.24, 2.45) is 0 Å². The zero-order valence-corrected chi connectivity index (χ0v) is 8.62. The van der Waals surface area contributed by atoms with Crippen molar-refractivity contribution in [1.82, 2.24) is 4.98 Å². The third-order valence-electron chi connectivity index (χ3n) is 2.23. The van der Waals surface area contributed by atoms with Gasteiger partial charge in [-0.1, -0.05) is 17.7 Å². The standard InChI is InChI=1S/C9H6BClFNO3/c11-6-3-13-9(14)8-5(6)1-4(10(15)16)2-7(8)12/h1-3,15-16H,(H,13,14). The Hall–Kier alpha value is -1.37. The maximum absolute atomic E-state index is 13.5. The second kappa shape index (κ2) is 3.90. The molecular weight excluding hydrogens is 235 g/mol. The molecule has 0 fully saturated rings. The Kier molecular flexibility index (Phi) is 2.71. The van der Waals surface area contributed by atoms with Gasteiger partial charge in [0, 0.05) is 11.6 Å². The van der Waals surface area contributed by atoms with Crippen LogP contribution in [-0.4, -0.2) is 22.2 Å². The molecule has 2 rings (SSSR count). The van der Waals surface area contributed by atoms with Crippen LogP contribution in [0.3, 0.4) is 0 Å². The van der Waals surface area contributed by atoms with Crippen molar-refractivity contribution >= 4 is 35.0 Å². The fraction of sp³-hybridized carbons (Fsp3) is 0. The van der Waals surface area contributed by atoms with Crippen molar-refractivity contribution in [2.45, 2.75) is 0 Å². The molecule has 0 aliphatic carbocycles. The largest absolute Gasteiger partial charge is 0.488 e. The number of nitrogens with one attached hydrogen (secondary N) is 1. The van der Waals surface area contributed by atoms with Crippen molar-refractivity contribution in [3.8, 4) is 0 Å². The minimum absolute atomic E-state index is 0.0579. The molecule has 1 aromatic heterocycles. The summed E-state index contributed by atoms with van der Waals surface area (Å²) in [4.78, 5) is 13.6. The molecular formula is C9H6BClFNO3. The highest BCUT2D eigenvalue weighted by Gasteiger charge is 2.17. The molecule has 1 aromatic carbocycles. The Labute approximate surface area is 94.4 Å². The van der Waals surface area contributed by atoms with Crippen LogP contribution < -0.4 is 11.0 Å². The van der Waals surface area contributed by atoms with E-state index in [1.165, 1.54) is 12.3 Å². The first kappa shape index (κ1) is 11.1. The summed E-state index contributed by atoms with van der Waals surface area (Å²) in [6, 6.07) is 2.15. The maximum Gasteiger partial charge on any atom is 0.488 e. The minimum Gasteiger partial charge on any atom is -0.423 e. The van der Waals surface area contributed by atoms with E-state index in [-0.39, 0.29) is 21.3 Å². The van der Waals surface area contributed by atoms with Crippen molar-refractivity contribution in [2.75, 3.05) is 0 Å². The zero-order chi connectivity index (χ0) is 11.9. The summed E-state index contributed by atoms with van der Waals surface area (Å²) in [6.45, 7) is 0. The molecule has 0 saturated heterocycles. The van der Waals surface area contributed by atoms with Gasteiger partial charge in [0.1, 0.15) is 5.82 Å². The predicted octanol–water partition coefficient (Wildman–Crippen LogP) is 0.000400. The number of hydrogen-bond acceptors (Lipinski definition) is 3. The Balaban J connectivity index is 2.92. The molecule has 16 heavy (non-hydrogen) atoms. The number of aromatic amines is 1. The minimum atomic E-state index is -1.81. The van der Waals surface area contributed by atoms with Gasteiger partial charge in [0.05, 0.1) is 10.4 Å². The van der Waals surface area contributed by atoms with Gasteiger partial charge in [-0.3, -0.25) is 4.79 Å². The number of pyridine rings is 1. The van der Waals surface area contributed by atoms with Crippen LogP contribution in [0.1, 0.15) is 0 Å². The average Bonchev–Trinajstić information content (AvgIpc) is 2.22. The molecule has 0 spiro atoms. The molecule has 7 heteroatoms. The predicted molar refractivity (Wildman–Crippen MR) is 59.4 cm³/mol. The van der Waals surface area contributed by atoms with E-state index in [1.807, 2.05) is 0 Å². The lowest BCUT2D eigenvalue weighted by Gasteiger charge is -2.05. The lowest BCUT2D eigenvalue weighted by molar-refractivity contribution is 0.425. The van der Waals surface area contributed by atoms with E-state index in [0.29, 0.717) is 0 Å². The van der Waals surface area contributed by atoms with Gasteiger partial charge >= 0.3 is 7.12 Å². The molecule has 0 saturated carbocycles. The highest BCUT2D eigenvalue weighted by molar-refractivity contribution is 6.59. The highest BCUT2D eigenvalue weighted by Crippen LogP contribution is 2.20. The molecule has 0 amide bonds. The first-order valence-corrected chi connectivity index (χ1v) is 4.75. The van der Waals surface area contributed by atoms with E-state index < -0.39 is 18.5 Å². The SMILES string of the molecule is O=c1[nH]cc(Cl)c2cc(B(O)O)cc(F)c12. The Morgan fingerprint density at radius 1 is 1.38 bits per heavy atom. The van der Waals surface area contributed by atoms with E-state index in [2.05, 4.69) is 4.98 Å². The normalized spacial score (nSPS) is 10.8. The van der Waals surface area contributed by atoms with Crippen LogP contribution >= 0.6 is 11.6 Å². The summed E-state index contributed by atoms with van der Waals surface area (Å²) in [5.74, 6) is -0.843. The summed E-state index contributed by atoms with van der Waals surface area (Å²) in [5.41, 5.74) is -0.673. The van der Waals surface area contributed by atoms with Crippen molar-refractivity contribution in [1.29, 1.82) is 0 Å². The fourth-order valence-electron chi connectivity index (χ4n) is 1.47. The maximum atomic E-state index is 13.5. The Morgan fingerprint density at radius 2 is 2.06 bits per heavy atom. The number of aromatic nitrogens is 1. The quantitative estimate of drug-likeness (QED) is 0.615. The Morgan fingerprint density at radius 3 is 2.69 bits per heavy atom. The molecule has 0 bridgehead atoms. The van der Waals surface area contributed by atoms with Crippen LogP contribution in [0.25, 0.3) is 10.8 Å². The monoisotopic (exact) mass is 241 g/mol. The second-order valence-electron chi connectivity index (χ2n) is 3.26. The summed E-state index contributed by atoms with van der Waals surface area (Å²) >= 11 is 5.78. The van der Waals surface area contributed by atoms with Gasteiger partial charge in [-0.2, -0.15) is 0 Å². The van der Waals surface area contributed by atoms with E-state index in [1.54, 1.807) is 0 Å². The topological polar surface area (TPSA) is 73.3 Å².